The lowest BCUT2D eigenvalue weighted by Crippen LogP contribution is -1.98. The van der Waals surface area contributed by atoms with Crippen molar-refractivity contribution in [2.45, 2.75) is 24.9 Å². The quantitative estimate of drug-likeness (QED) is 0.611. The molecule has 0 fully saturated rings. The maximum atomic E-state index is 8.53. The van der Waals surface area contributed by atoms with Crippen LogP contribution in [0.3, 0.4) is 0 Å². The maximum absolute atomic E-state index is 8.53. The number of thioether (sulfide) groups is 1. The van der Waals surface area contributed by atoms with Gasteiger partial charge in [-0.15, -0.1) is 0 Å². The first-order valence-corrected chi connectivity index (χ1v) is 7.39. The molecular weight excluding hydrogens is 278 g/mol. The molecule has 0 amide bonds. The van der Waals surface area contributed by atoms with E-state index in [2.05, 4.69) is 11.1 Å². The molecule has 0 saturated carbocycles. The van der Waals surface area contributed by atoms with Crippen molar-refractivity contribution in [1.29, 1.82) is 5.26 Å². The Morgan fingerprint density at radius 1 is 1.47 bits per heavy atom. The normalized spacial score (nSPS) is 10.4. The van der Waals surface area contributed by atoms with Crippen LogP contribution in [0.1, 0.15) is 18.4 Å². The standard InChI is InChI=1S/C14H14ClN3S/c1-11-12(15)5-4-6-13(11)18-9-8-17-14(18)19-10-3-2-7-16/h4-6,8-9H,2-3,10H2,1H3. The fraction of sp³-hybridized carbons (Fsp3) is 0.286. The van der Waals surface area contributed by atoms with Crippen LogP contribution in [0.25, 0.3) is 5.69 Å². The van der Waals surface area contributed by atoms with Gasteiger partial charge >= 0.3 is 0 Å². The highest BCUT2D eigenvalue weighted by Gasteiger charge is 2.09. The summed E-state index contributed by atoms with van der Waals surface area (Å²) in [5.41, 5.74) is 2.09. The molecule has 0 aliphatic rings. The summed E-state index contributed by atoms with van der Waals surface area (Å²) in [6, 6.07) is 8.01. The number of aromatic nitrogens is 2. The van der Waals surface area contributed by atoms with E-state index in [1.807, 2.05) is 35.9 Å². The SMILES string of the molecule is Cc1c(Cl)cccc1-n1ccnc1SCCCC#N. The second kappa shape index (κ2) is 6.65. The summed E-state index contributed by atoms with van der Waals surface area (Å²) in [5.74, 6) is 0.893. The fourth-order valence-electron chi connectivity index (χ4n) is 1.75. The van der Waals surface area contributed by atoms with E-state index in [0.717, 1.165) is 33.6 Å². The molecule has 1 heterocycles. The van der Waals surface area contributed by atoms with Crippen molar-refractivity contribution in [3.05, 3.63) is 41.2 Å². The van der Waals surface area contributed by atoms with Gasteiger partial charge in [0.1, 0.15) is 0 Å². The fourth-order valence-corrected chi connectivity index (χ4v) is 2.83. The number of hydrogen-bond donors (Lipinski definition) is 0. The molecule has 0 unspecified atom stereocenters. The number of nitrogens with zero attached hydrogens (tertiary/aromatic N) is 3. The lowest BCUT2D eigenvalue weighted by atomic mass is 10.2. The first kappa shape index (κ1) is 14.0. The molecule has 3 nitrogen and oxygen atoms in total. The Kier molecular flexibility index (Phi) is 4.89. The Labute approximate surface area is 122 Å². The van der Waals surface area contributed by atoms with Crippen molar-refractivity contribution < 1.29 is 0 Å². The number of nitriles is 1. The Morgan fingerprint density at radius 2 is 2.32 bits per heavy atom. The number of imidazole rings is 1. The zero-order chi connectivity index (χ0) is 13.7. The van der Waals surface area contributed by atoms with Crippen LogP contribution in [0.5, 0.6) is 0 Å². The number of rotatable bonds is 5. The van der Waals surface area contributed by atoms with E-state index in [1.165, 1.54) is 0 Å². The van der Waals surface area contributed by atoms with Crippen molar-refractivity contribution in [3.63, 3.8) is 0 Å². The Hall–Kier alpha value is -1.44. The van der Waals surface area contributed by atoms with Crippen molar-refractivity contribution in [3.8, 4) is 11.8 Å². The minimum absolute atomic E-state index is 0.587. The molecule has 0 aliphatic heterocycles. The predicted octanol–water partition coefficient (Wildman–Crippen LogP) is 4.23. The molecule has 1 aromatic heterocycles. The highest BCUT2D eigenvalue weighted by Crippen LogP contribution is 2.26. The van der Waals surface area contributed by atoms with Gasteiger partial charge in [-0.3, -0.25) is 4.57 Å². The Morgan fingerprint density at radius 3 is 3.11 bits per heavy atom. The second-order valence-corrected chi connectivity index (χ2v) is 5.54. The molecule has 0 atom stereocenters. The van der Waals surface area contributed by atoms with Gasteiger partial charge in [0, 0.05) is 29.6 Å². The summed E-state index contributed by atoms with van der Waals surface area (Å²) < 4.78 is 2.04. The van der Waals surface area contributed by atoms with Crippen LogP contribution in [0.2, 0.25) is 5.02 Å². The van der Waals surface area contributed by atoms with E-state index in [9.17, 15) is 0 Å². The van der Waals surface area contributed by atoms with Gasteiger partial charge in [-0.1, -0.05) is 29.4 Å². The van der Waals surface area contributed by atoms with E-state index in [-0.39, 0.29) is 0 Å². The molecule has 0 N–H and O–H groups in total. The van der Waals surface area contributed by atoms with Crippen LogP contribution in [0.4, 0.5) is 0 Å². The number of unbranched alkanes of at least 4 members (excludes halogenated alkanes) is 1. The number of halogens is 1. The van der Waals surface area contributed by atoms with Crippen LogP contribution >= 0.6 is 23.4 Å². The van der Waals surface area contributed by atoms with Crippen LogP contribution in [0, 0.1) is 18.3 Å². The van der Waals surface area contributed by atoms with Gasteiger partial charge in [0.25, 0.3) is 0 Å². The van der Waals surface area contributed by atoms with E-state index in [4.69, 9.17) is 16.9 Å². The third-order valence-electron chi connectivity index (χ3n) is 2.77. The van der Waals surface area contributed by atoms with Gasteiger partial charge in [0.15, 0.2) is 5.16 Å². The Balaban J connectivity index is 2.19. The molecule has 2 rings (SSSR count). The monoisotopic (exact) mass is 291 g/mol. The van der Waals surface area contributed by atoms with Crippen molar-refractivity contribution in [2.24, 2.45) is 0 Å². The van der Waals surface area contributed by atoms with Crippen molar-refractivity contribution in [1.82, 2.24) is 9.55 Å². The first-order chi connectivity index (χ1) is 9.24. The van der Waals surface area contributed by atoms with E-state index >= 15 is 0 Å². The summed E-state index contributed by atoms with van der Waals surface area (Å²) in [6.45, 7) is 2.00. The number of hydrogen-bond acceptors (Lipinski definition) is 3. The third kappa shape index (κ3) is 3.31. The van der Waals surface area contributed by atoms with Gasteiger partial charge in [0.2, 0.25) is 0 Å². The molecular formula is C14H14ClN3S. The van der Waals surface area contributed by atoms with E-state index < -0.39 is 0 Å². The van der Waals surface area contributed by atoms with Gasteiger partial charge in [-0.2, -0.15) is 5.26 Å². The van der Waals surface area contributed by atoms with Crippen molar-refractivity contribution in [2.75, 3.05) is 5.75 Å². The smallest absolute Gasteiger partial charge is 0.172 e. The minimum Gasteiger partial charge on any atom is -0.295 e. The van der Waals surface area contributed by atoms with Gasteiger partial charge < -0.3 is 0 Å². The minimum atomic E-state index is 0.587. The van der Waals surface area contributed by atoms with Crippen molar-refractivity contribution >= 4 is 23.4 Å². The molecule has 5 heteroatoms. The molecule has 98 valence electrons. The summed E-state index contributed by atoms with van der Waals surface area (Å²) >= 11 is 7.81. The molecule has 19 heavy (non-hydrogen) atoms. The average Bonchev–Trinajstić information content (AvgIpc) is 2.86. The highest BCUT2D eigenvalue weighted by molar-refractivity contribution is 7.99. The lowest BCUT2D eigenvalue weighted by molar-refractivity contribution is 0.882. The first-order valence-electron chi connectivity index (χ1n) is 6.02. The zero-order valence-corrected chi connectivity index (χ0v) is 12.2. The van der Waals surface area contributed by atoms with Crippen LogP contribution in [-0.4, -0.2) is 15.3 Å². The summed E-state index contributed by atoms with van der Waals surface area (Å²) in [6.07, 6.45) is 5.19. The number of benzene rings is 1. The predicted molar refractivity (Wildman–Crippen MR) is 78.9 cm³/mol. The van der Waals surface area contributed by atoms with Gasteiger partial charge in [0.05, 0.1) is 11.8 Å². The van der Waals surface area contributed by atoms with Gasteiger partial charge in [-0.05, 0) is 31.0 Å². The molecule has 2 aromatic rings. The highest BCUT2D eigenvalue weighted by atomic mass is 35.5. The largest absolute Gasteiger partial charge is 0.295 e. The van der Waals surface area contributed by atoms with E-state index in [1.54, 1.807) is 18.0 Å². The molecule has 0 aliphatic carbocycles. The average molecular weight is 292 g/mol. The second-order valence-electron chi connectivity index (χ2n) is 4.07. The molecule has 0 bridgehead atoms. The molecule has 0 radical (unpaired) electrons. The van der Waals surface area contributed by atoms with Crippen LogP contribution in [0.15, 0.2) is 35.7 Å². The summed E-state index contributed by atoms with van der Waals surface area (Å²) in [5, 5.41) is 10.2. The lowest BCUT2D eigenvalue weighted by Gasteiger charge is -2.11. The molecule has 0 saturated heterocycles. The summed E-state index contributed by atoms with van der Waals surface area (Å²) in [4.78, 5) is 4.36. The van der Waals surface area contributed by atoms with Crippen LogP contribution < -0.4 is 0 Å². The Bertz CT molecular complexity index is 601. The maximum Gasteiger partial charge on any atom is 0.172 e. The molecule has 0 spiro atoms. The summed E-state index contributed by atoms with van der Waals surface area (Å²) in [7, 11) is 0. The molecule has 1 aromatic carbocycles. The third-order valence-corrected chi connectivity index (χ3v) is 4.23. The topological polar surface area (TPSA) is 41.6 Å². The van der Waals surface area contributed by atoms with E-state index in [0.29, 0.717) is 6.42 Å². The zero-order valence-electron chi connectivity index (χ0n) is 10.6. The van der Waals surface area contributed by atoms with Crippen LogP contribution in [-0.2, 0) is 0 Å². The van der Waals surface area contributed by atoms with Gasteiger partial charge in [-0.25, -0.2) is 4.98 Å².